The van der Waals surface area contributed by atoms with Gasteiger partial charge in [-0.05, 0) is 73.3 Å². The zero-order chi connectivity index (χ0) is 17.4. The lowest BCUT2D eigenvalue weighted by Crippen LogP contribution is -2.52. The molecule has 7 atom stereocenters. The van der Waals surface area contributed by atoms with Crippen molar-refractivity contribution in [2.45, 2.75) is 64.4 Å². The van der Waals surface area contributed by atoms with Crippen LogP contribution in [0, 0.1) is 35.0 Å². The second kappa shape index (κ2) is 5.08. The molecule has 0 aromatic rings. The van der Waals surface area contributed by atoms with E-state index in [9.17, 15) is 9.59 Å². The Bertz CT molecular complexity index is 704. The first kappa shape index (κ1) is 15.8. The third-order valence-corrected chi connectivity index (χ3v) is 8.54. The number of hydrogen-bond donors (Lipinski definition) is 0. The van der Waals surface area contributed by atoms with Gasteiger partial charge in [-0.15, -0.1) is 0 Å². The molecule has 3 fully saturated rings. The van der Waals surface area contributed by atoms with Crippen LogP contribution in [0.2, 0.25) is 0 Å². The van der Waals surface area contributed by atoms with Gasteiger partial charge in [-0.3, -0.25) is 9.59 Å². The molecule has 0 unspecified atom stereocenters. The normalized spacial score (nSPS) is 51.0. The number of ketones is 1. The van der Waals surface area contributed by atoms with Crippen molar-refractivity contribution in [1.82, 2.24) is 0 Å². The SMILES string of the molecule is C[C@@H]1CC(=O)C=C2C=C[C@@H]3[C@H](CC[C@@]4(C)[C@H]3CC[C@@]43CCC(=O)O3)[C@H]21. The Morgan fingerprint density at radius 1 is 1.16 bits per heavy atom. The van der Waals surface area contributed by atoms with Gasteiger partial charge >= 0.3 is 5.97 Å². The van der Waals surface area contributed by atoms with Crippen molar-refractivity contribution in [2.24, 2.45) is 35.0 Å². The lowest BCUT2D eigenvalue weighted by Gasteiger charge is -2.54. The van der Waals surface area contributed by atoms with Crippen LogP contribution in [0.15, 0.2) is 23.8 Å². The molecule has 1 spiro atoms. The highest BCUT2D eigenvalue weighted by molar-refractivity contribution is 5.92. The fourth-order valence-electron chi connectivity index (χ4n) is 7.38. The minimum absolute atomic E-state index is 0.00724. The Kier molecular flexibility index (Phi) is 3.22. The van der Waals surface area contributed by atoms with E-state index in [1.165, 1.54) is 18.4 Å². The van der Waals surface area contributed by atoms with Crippen LogP contribution in [0.5, 0.6) is 0 Å². The van der Waals surface area contributed by atoms with Crippen LogP contribution in [-0.4, -0.2) is 17.4 Å². The van der Waals surface area contributed by atoms with Gasteiger partial charge in [0.1, 0.15) is 5.60 Å². The van der Waals surface area contributed by atoms with Crippen molar-refractivity contribution in [2.75, 3.05) is 0 Å². The van der Waals surface area contributed by atoms with E-state index in [4.69, 9.17) is 4.74 Å². The molecule has 5 rings (SSSR count). The fourth-order valence-corrected chi connectivity index (χ4v) is 7.38. The summed E-state index contributed by atoms with van der Waals surface area (Å²) in [6, 6.07) is 0. The number of rotatable bonds is 0. The molecule has 1 heterocycles. The van der Waals surface area contributed by atoms with Gasteiger partial charge in [0.05, 0.1) is 0 Å². The smallest absolute Gasteiger partial charge is 0.306 e. The molecule has 0 N–H and O–H groups in total. The molecule has 0 radical (unpaired) electrons. The average Bonchev–Trinajstić information content (AvgIpc) is 3.08. The molecule has 3 heteroatoms. The molecule has 0 bridgehead atoms. The van der Waals surface area contributed by atoms with Crippen LogP contribution in [0.1, 0.15) is 58.8 Å². The first-order valence-electron chi connectivity index (χ1n) is 10.1. The lowest BCUT2D eigenvalue weighted by atomic mass is 9.51. The van der Waals surface area contributed by atoms with Crippen LogP contribution < -0.4 is 0 Å². The summed E-state index contributed by atoms with van der Waals surface area (Å²) >= 11 is 0. The van der Waals surface area contributed by atoms with E-state index in [1.807, 2.05) is 6.08 Å². The molecule has 0 amide bonds. The Hall–Kier alpha value is -1.38. The summed E-state index contributed by atoms with van der Waals surface area (Å²) in [6.07, 6.45) is 13.3. The first-order valence-corrected chi connectivity index (χ1v) is 10.1. The lowest BCUT2D eigenvalue weighted by molar-refractivity contribution is -0.164. The molecule has 0 aromatic heterocycles. The Balaban J connectivity index is 1.51. The zero-order valence-corrected chi connectivity index (χ0v) is 15.3. The third-order valence-electron chi connectivity index (χ3n) is 8.54. The summed E-state index contributed by atoms with van der Waals surface area (Å²) < 4.78 is 5.98. The largest absolute Gasteiger partial charge is 0.458 e. The number of fused-ring (bicyclic) bond motifs is 6. The quantitative estimate of drug-likeness (QED) is 0.620. The van der Waals surface area contributed by atoms with Gasteiger partial charge in [0.25, 0.3) is 0 Å². The summed E-state index contributed by atoms with van der Waals surface area (Å²) in [7, 11) is 0. The van der Waals surface area contributed by atoms with Gasteiger partial charge in [0, 0.05) is 18.3 Å². The van der Waals surface area contributed by atoms with Crippen molar-refractivity contribution in [3.8, 4) is 0 Å². The molecule has 25 heavy (non-hydrogen) atoms. The summed E-state index contributed by atoms with van der Waals surface area (Å²) in [4.78, 5) is 23.9. The second-order valence-corrected chi connectivity index (χ2v) is 9.49. The van der Waals surface area contributed by atoms with E-state index in [1.54, 1.807) is 0 Å². The summed E-state index contributed by atoms with van der Waals surface area (Å²) in [5, 5.41) is 0. The third kappa shape index (κ3) is 1.98. The maximum Gasteiger partial charge on any atom is 0.306 e. The van der Waals surface area contributed by atoms with Gasteiger partial charge in [-0.1, -0.05) is 26.0 Å². The Labute approximate surface area is 149 Å². The monoisotopic (exact) mass is 340 g/mol. The number of carbonyl (C=O) groups is 2. The van der Waals surface area contributed by atoms with Crippen LogP contribution in [0.25, 0.3) is 0 Å². The minimum Gasteiger partial charge on any atom is -0.458 e. The number of allylic oxidation sites excluding steroid dienone is 4. The molecule has 5 aliphatic rings. The highest BCUT2D eigenvalue weighted by Gasteiger charge is 2.65. The van der Waals surface area contributed by atoms with Crippen molar-refractivity contribution in [3.05, 3.63) is 23.8 Å². The molecule has 1 saturated heterocycles. The second-order valence-electron chi connectivity index (χ2n) is 9.49. The number of hydrogen-bond acceptors (Lipinski definition) is 3. The maximum absolute atomic E-state index is 12.0. The van der Waals surface area contributed by atoms with Gasteiger partial charge in [-0.2, -0.15) is 0 Å². The number of ether oxygens (including phenoxy) is 1. The predicted octanol–water partition coefficient (Wildman–Crippen LogP) is 4.23. The van der Waals surface area contributed by atoms with E-state index in [0.717, 1.165) is 19.3 Å². The van der Waals surface area contributed by atoms with Crippen molar-refractivity contribution < 1.29 is 14.3 Å². The average molecular weight is 340 g/mol. The molecular formula is C22H28O3. The van der Waals surface area contributed by atoms with Crippen LogP contribution in [0.3, 0.4) is 0 Å². The highest BCUT2D eigenvalue weighted by Crippen LogP contribution is 2.67. The van der Waals surface area contributed by atoms with Crippen LogP contribution in [0.4, 0.5) is 0 Å². The molecule has 4 aliphatic carbocycles. The highest BCUT2D eigenvalue weighted by atomic mass is 16.6. The molecule has 3 nitrogen and oxygen atoms in total. The Morgan fingerprint density at radius 2 is 2.00 bits per heavy atom. The summed E-state index contributed by atoms with van der Waals surface area (Å²) in [6.45, 7) is 4.65. The van der Waals surface area contributed by atoms with Gasteiger partial charge in [-0.25, -0.2) is 0 Å². The van der Waals surface area contributed by atoms with Crippen molar-refractivity contribution in [1.29, 1.82) is 0 Å². The minimum atomic E-state index is -0.197. The van der Waals surface area contributed by atoms with Crippen molar-refractivity contribution in [3.63, 3.8) is 0 Å². The molecule has 2 saturated carbocycles. The van der Waals surface area contributed by atoms with Gasteiger partial charge in [0.2, 0.25) is 0 Å². The van der Waals surface area contributed by atoms with E-state index in [-0.39, 0.29) is 17.0 Å². The number of esters is 1. The van der Waals surface area contributed by atoms with Gasteiger partial charge in [0.15, 0.2) is 5.78 Å². The summed E-state index contributed by atoms with van der Waals surface area (Å²) in [5.41, 5.74) is 1.20. The van der Waals surface area contributed by atoms with E-state index >= 15 is 0 Å². The van der Waals surface area contributed by atoms with E-state index in [0.29, 0.717) is 48.2 Å². The topological polar surface area (TPSA) is 43.4 Å². The molecule has 1 aliphatic heterocycles. The van der Waals surface area contributed by atoms with Crippen molar-refractivity contribution >= 4 is 11.8 Å². The summed E-state index contributed by atoms with van der Waals surface area (Å²) in [5.74, 6) is 3.14. The fraction of sp³-hybridized carbons (Fsp3) is 0.727. The molecule has 134 valence electrons. The molecular weight excluding hydrogens is 312 g/mol. The standard InChI is InChI=1S/C22H28O3/c1-13-11-15(23)12-14-3-4-16-17(20(13)14)5-8-21(2)18(16)6-9-22(21)10-7-19(24)25-22/h3-4,12-13,16-18,20H,5-11H2,1-2H3/t13-,16-,17+,18+,20+,21+,22-/m1/s1. The predicted molar refractivity (Wildman–Crippen MR) is 94.6 cm³/mol. The number of carbonyl (C=O) groups excluding carboxylic acids is 2. The molecule has 0 aromatic carbocycles. The first-order chi connectivity index (χ1) is 11.9. The zero-order valence-electron chi connectivity index (χ0n) is 15.3. The Morgan fingerprint density at radius 3 is 2.76 bits per heavy atom. The maximum atomic E-state index is 12.0. The van der Waals surface area contributed by atoms with Crippen LogP contribution >= 0.6 is 0 Å². The van der Waals surface area contributed by atoms with E-state index < -0.39 is 0 Å². The van der Waals surface area contributed by atoms with Crippen LogP contribution in [-0.2, 0) is 14.3 Å². The van der Waals surface area contributed by atoms with E-state index in [2.05, 4.69) is 26.0 Å². The van der Waals surface area contributed by atoms with Gasteiger partial charge < -0.3 is 4.74 Å².